The van der Waals surface area contributed by atoms with Gasteiger partial charge in [-0.05, 0) is 50.9 Å². The summed E-state index contributed by atoms with van der Waals surface area (Å²) in [5, 5.41) is 34.3. The number of phenols is 1. The third-order valence-electron chi connectivity index (χ3n) is 7.64. The van der Waals surface area contributed by atoms with Crippen LogP contribution in [0.15, 0.2) is 12.1 Å². The van der Waals surface area contributed by atoms with Crippen molar-refractivity contribution in [1.29, 1.82) is 0 Å². The number of nitrogens with zero attached hydrogens (tertiary/aromatic N) is 1. The van der Waals surface area contributed by atoms with Gasteiger partial charge in [0.05, 0.1) is 23.5 Å². The lowest BCUT2D eigenvalue weighted by atomic mass is 9.48. The highest BCUT2D eigenvalue weighted by atomic mass is 16.5. The maximum atomic E-state index is 12.4. The number of carboxylic acid groups (broad SMARTS) is 1. The standard InChI is InChI=1S/C21H26N2O6/c1-23-9-8-20-17-11-2-3-13(24)18(17)29-19(20)12(22-15(25)4-5-16(26)27)6-7-21(20,28)14(23)10-11/h2-3,12,14,19,24,28H,4-10H2,1H3,(H,22,25)(H,26,27)/t12?,14-,19+,20+,21-/m1/s1. The first-order valence-electron chi connectivity index (χ1n) is 10.2. The maximum absolute atomic E-state index is 12.4. The summed E-state index contributed by atoms with van der Waals surface area (Å²) in [4.78, 5) is 25.4. The number of carboxylic acids is 1. The molecule has 5 rings (SSSR count). The van der Waals surface area contributed by atoms with Crippen molar-refractivity contribution in [2.45, 2.75) is 67.7 Å². The Balaban J connectivity index is 1.56. The van der Waals surface area contributed by atoms with Gasteiger partial charge in [-0.25, -0.2) is 0 Å². The number of likely N-dealkylation sites (N-methyl/N-ethyl adjacent to an activating group) is 1. The van der Waals surface area contributed by atoms with Gasteiger partial charge in [-0.2, -0.15) is 0 Å². The number of ether oxygens (including phenoxy) is 1. The number of hydrogen-bond acceptors (Lipinski definition) is 6. The number of aromatic hydroxyl groups is 1. The van der Waals surface area contributed by atoms with Crippen LogP contribution >= 0.6 is 0 Å². The quantitative estimate of drug-likeness (QED) is 0.580. The SMILES string of the molecule is CN1CC[C@]23c4c5ccc(O)c4O[C@H]2C(NC(=O)CCC(=O)O)CC[C@@]3(O)[C@H]1C5. The Morgan fingerprint density at radius 1 is 1.31 bits per heavy atom. The van der Waals surface area contributed by atoms with E-state index in [-0.39, 0.29) is 36.6 Å². The van der Waals surface area contributed by atoms with Gasteiger partial charge in [0.1, 0.15) is 6.10 Å². The van der Waals surface area contributed by atoms with Crippen LogP contribution in [0.5, 0.6) is 11.5 Å². The van der Waals surface area contributed by atoms with Gasteiger partial charge in [0.2, 0.25) is 5.91 Å². The fourth-order valence-corrected chi connectivity index (χ4v) is 6.40. The lowest BCUT2D eigenvalue weighted by Crippen LogP contribution is -2.77. The maximum Gasteiger partial charge on any atom is 0.303 e. The highest BCUT2D eigenvalue weighted by molar-refractivity contribution is 5.81. The molecule has 2 heterocycles. The third-order valence-corrected chi connectivity index (χ3v) is 7.64. The molecular formula is C21H26N2O6. The molecule has 4 aliphatic rings. The van der Waals surface area contributed by atoms with Gasteiger partial charge in [-0.1, -0.05) is 6.07 Å². The normalized spacial score (nSPS) is 36.8. The molecule has 1 saturated carbocycles. The molecule has 1 aromatic rings. The van der Waals surface area contributed by atoms with E-state index < -0.39 is 23.1 Å². The van der Waals surface area contributed by atoms with Crippen molar-refractivity contribution < 1.29 is 29.6 Å². The fraction of sp³-hybridized carbons (Fsp3) is 0.619. The van der Waals surface area contributed by atoms with Crippen molar-refractivity contribution in [3.63, 3.8) is 0 Å². The number of aliphatic hydroxyl groups is 1. The minimum absolute atomic E-state index is 0.0472. The highest BCUT2D eigenvalue weighted by Gasteiger charge is 2.72. The number of nitrogens with one attached hydrogen (secondary N) is 1. The topological polar surface area (TPSA) is 119 Å². The minimum Gasteiger partial charge on any atom is -0.504 e. The first-order chi connectivity index (χ1) is 13.8. The second-order valence-electron chi connectivity index (χ2n) is 8.94. The molecule has 5 atom stereocenters. The average Bonchev–Trinajstić information content (AvgIpc) is 3.03. The fourth-order valence-electron chi connectivity index (χ4n) is 6.40. The van der Waals surface area contributed by atoms with E-state index in [1.54, 1.807) is 6.07 Å². The molecule has 2 fully saturated rings. The Bertz CT molecular complexity index is 903. The van der Waals surface area contributed by atoms with Gasteiger partial charge < -0.3 is 30.3 Å². The minimum atomic E-state index is -1.01. The number of amides is 1. The molecule has 0 aromatic heterocycles. The summed E-state index contributed by atoms with van der Waals surface area (Å²) < 4.78 is 6.29. The molecule has 1 saturated heterocycles. The molecule has 29 heavy (non-hydrogen) atoms. The summed E-state index contributed by atoms with van der Waals surface area (Å²) in [6, 6.07) is 3.16. The number of phenolic OH excluding ortho intramolecular Hbond substituents is 1. The first-order valence-corrected chi connectivity index (χ1v) is 10.2. The van der Waals surface area contributed by atoms with E-state index in [0.717, 1.165) is 17.7 Å². The smallest absolute Gasteiger partial charge is 0.303 e. The summed E-state index contributed by atoms with van der Waals surface area (Å²) in [7, 11) is 2.03. The monoisotopic (exact) mass is 402 g/mol. The van der Waals surface area contributed by atoms with E-state index in [1.807, 2.05) is 13.1 Å². The zero-order valence-electron chi connectivity index (χ0n) is 16.4. The third kappa shape index (κ3) is 2.33. The Hall–Kier alpha value is -2.32. The lowest BCUT2D eigenvalue weighted by molar-refractivity contribution is -0.187. The van der Waals surface area contributed by atoms with Crippen LogP contribution in [0.25, 0.3) is 0 Å². The average molecular weight is 402 g/mol. The van der Waals surface area contributed by atoms with Gasteiger partial charge in [-0.3, -0.25) is 9.59 Å². The van der Waals surface area contributed by atoms with Crippen LogP contribution in [0.4, 0.5) is 0 Å². The van der Waals surface area contributed by atoms with Crippen molar-refractivity contribution in [2.24, 2.45) is 0 Å². The number of likely N-dealkylation sites (tertiary alicyclic amines) is 1. The van der Waals surface area contributed by atoms with E-state index in [2.05, 4.69) is 10.2 Å². The van der Waals surface area contributed by atoms with Crippen LogP contribution < -0.4 is 10.1 Å². The summed E-state index contributed by atoms with van der Waals surface area (Å²) in [6.45, 7) is 0.793. The van der Waals surface area contributed by atoms with Crippen molar-refractivity contribution in [3.05, 3.63) is 23.3 Å². The number of benzene rings is 1. The number of piperidine rings is 1. The summed E-state index contributed by atoms with van der Waals surface area (Å²) in [5.41, 5.74) is 0.298. The number of hydrogen-bond donors (Lipinski definition) is 4. The van der Waals surface area contributed by atoms with Gasteiger partial charge >= 0.3 is 5.97 Å². The zero-order chi connectivity index (χ0) is 20.6. The molecule has 0 radical (unpaired) electrons. The Morgan fingerprint density at radius 2 is 2.10 bits per heavy atom. The Labute approximate surface area is 168 Å². The van der Waals surface area contributed by atoms with Crippen molar-refractivity contribution in [3.8, 4) is 11.5 Å². The highest BCUT2D eigenvalue weighted by Crippen LogP contribution is 2.65. The van der Waals surface area contributed by atoms with E-state index in [0.29, 0.717) is 31.4 Å². The predicted molar refractivity (Wildman–Crippen MR) is 102 cm³/mol. The lowest BCUT2D eigenvalue weighted by Gasteiger charge is -2.63. The van der Waals surface area contributed by atoms with E-state index in [1.165, 1.54) is 0 Å². The van der Waals surface area contributed by atoms with Gasteiger partial charge in [0, 0.05) is 18.0 Å². The van der Waals surface area contributed by atoms with Crippen molar-refractivity contribution in [1.82, 2.24) is 10.2 Å². The van der Waals surface area contributed by atoms with Crippen LogP contribution in [-0.4, -0.2) is 69.5 Å². The summed E-state index contributed by atoms with van der Waals surface area (Å²) >= 11 is 0. The number of carbonyl (C=O) groups is 2. The molecule has 1 aromatic carbocycles. The van der Waals surface area contributed by atoms with Gasteiger partial charge in [0.25, 0.3) is 0 Å². The van der Waals surface area contributed by atoms with Crippen LogP contribution in [0.3, 0.4) is 0 Å². The second kappa shape index (κ2) is 6.09. The van der Waals surface area contributed by atoms with Gasteiger partial charge in [0.15, 0.2) is 11.5 Å². The number of carbonyl (C=O) groups excluding carboxylic acids is 1. The van der Waals surface area contributed by atoms with E-state index >= 15 is 0 Å². The molecule has 8 nitrogen and oxygen atoms in total. The zero-order valence-corrected chi connectivity index (χ0v) is 16.4. The molecular weight excluding hydrogens is 376 g/mol. The largest absolute Gasteiger partial charge is 0.504 e. The Kier molecular flexibility index (Phi) is 3.93. The van der Waals surface area contributed by atoms with Gasteiger partial charge in [-0.15, -0.1) is 0 Å². The Morgan fingerprint density at radius 3 is 2.86 bits per heavy atom. The molecule has 2 bridgehead atoms. The van der Waals surface area contributed by atoms with Crippen LogP contribution in [0.2, 0.25) is 0 Å². The first kappa shape index (κ1) is 18.7. The summed E-state index contributed by atoms with van der Waals surface area (Å²) in [6.07, 6.45) is 1.61. The molecule has 1 unspecified atom stereocenters. The second-order valence-corrected chi connectivity index (χ2v) is 8.94. The predicted octanol–water partition coefficient (Wildman–Crippen LogP) is 0.526. The van der Waals surface area contributed by atoms with E-state index in [9.17, 15) is 19.8 Å². The molecule has 4 N–H and O–H groups in total. The van der Waals surface area contributed by atoms with Crippen molar-refractivity contribution >= 4 is 11.9 Å². The molecule has 2 aliphatic heterocycles. The molecule has 1 spiro atoms. The molecule has 156 valence electrons. The van der Waals surface area contributed by atoms with Crippen molar-refractivity contribution in [2.75, 3.05) is 13.6 Å². The number of aliphatic carboxylic acids is 1. The summed E-state index contributed by atoms with van der Waals surface area (Å²) in [5.74, 6) is -0.853. The molecule has 2 aliphatic carbocycles. The number of rotatable bonds is 4. The molecule has 1 amide bonds. The van der Waals surface area contributed by atoms with Crippen LogP contribution in [-0.2, 0) is 21.4 Å². The molecule has 8 heteroatoms. The van der Waals surface area contributed by atoms with Crippen LogP contribution in [0.1, 0.15) is 43.2 Å². The van der Waals surface area contributed by atoms with Crippen LogP contribution in [0, 0.1) is 0 Å². The van der Waals surface area contributed by atoms with E-state index in [4.69, 9.17) is 9.84 Å².